The smallest absolute Gasteiger partial charge is 0.138 e. The molecular formula is C14H17BrFN3. The van der Waals surface area contributed by atoms with E-state index in [2.05, 4.69) is 34.8 Å². The van der Waals surface area contributed by atoms with Crippen molar-refractivity contribution in [1.29, 1.82) is 0 Å². The van der Waals surface area contributed by atoms with Gasteiger partial charge >= 0.3 is 0 Å². The maximum absolute atomic E-state index is 13.6. The minimum absolute atomic E-state index is 0.233. The lowest BCUT2D eigenvalue weighted by Gasteiger charge is -2.12. The molecule has 0 saturated heterocycles. The largest absolute Gasteiger partial charge is 0.383 e. The summed E-state index contributed by atoms with van der Waals surface area (Å²) in [6.07, 6.45) is 0.793. The Bertz CT molecular complexity index is 605. The molecule has 2 N–H and O–H groups in total. The van der Waals surface area contributed by atoms with Crippen LogP contribution < -0.4 is 5.73 Å². The second-order valence-electron chi connectivity index (χ2n) is 4.71. The van der Waals surface area contributed by atoms with Crippen molar-refractivity contribution in [2.75, 3.05) is 5.73 Å². The Hall–Kier alpha value is -1.36. The van der Waals surface area contributed by atoms with E-state index in [0.717, 1.165) is 12.2 Å². The van der Waals surface area contributed by atoms with E-state index < -0.39 is 0 Å². The second kappa shape index (κ2) is 5.33. The molecule has 0 unspecified atom stereocenters. The van der Waals surface area contributed by atoms with Crippen LogP contribution in [0, 0.1) is 5.82 Å². The fraction of sp³-hybridized carbons (Fsp3) is 0.357. The number of halogens is 2. The molecule has 1 heterocycles. The van der Waals surface area contributed by atoms with E-state index >= 15 is 0 Å². The molecule has 0 atom stereocenters. The summed E-state index contributed by atoms with van der Waals surface area (Å²) in [6.45, 7) is 6.15. The zero-order chi connectivity index (χ0) is 14.2. The van der Waals surface area contributed by atoms with Crippen molar-refractivity contribution in [3.05, 3.63) is 34.3 Å². The molecule has 0 spiro atoms. The lowest BCUT2D eigenvalue weighted by atomic mass is 10.1. The van der Waals surface area contributed by atoms with Gasteiger partial charge in [-0.25, -0.2) is 9.37 Å². The van der Waals surface area contributed by atoms with Crippen LogP contribution in [0.1, 0.15) is 32.6 Å². The molecule has 102 valence electrons. The van der Waals surface area contributed by atoms with Crippen molar-refractivity contribution in [3.63, 3.8) is 0 Å². The van der Waals surface area contributed by atoms with Gasteiger partial charge in [0.25, 0.3) is 0 Å². The van der Waals surface area contributed by atoms with Gasteiger partial charge in [0.05, 0.1) is 4.47 Å². The monoisotopic (exact) mass is 325 g/mol. The van der Waals surface area contributed by atoms with Crippen LogP contribution in [0.25, 0.3) is 11.3 Å². The highest BCUT2D eigenvalue weighted by Gasteiger charge is 2.17. The van der Waals surface area contributed by atoms with Crippen molar-refractivity contribution in [1.82, 2.24) is 9.55 Å². The maximum Gasteiger partial charge on any atom is 0.138 e. The number of aryl methyl sites for hydroxylation is 1. The van der Waals surface area contributed by atoms with Gasteiger partial charge in [0, 0.05) is 18.0 Å². The SMILES string of the molecule is CCc1nc(-c2ccc(Br)c(F)c2)c(N)n1C(C)C. The molecule has 19 heavy (non-hydrogen) atoms. The Morgan fingerprint density at radius 3 is 2.58 bits per heavy atom. The molecule has 0 aliphatic carbocycles. The number of nitrogens with two attached hydrogens (primary N) is 1. The predicted molar refractivity (Wildman–Crippen MR) is 79.5 cm³/mol. The first-order chi connectivity index (χ1) is 8.95. The van der Waals surface area contributed by atoms with Crippen LogP contribution in [-0.2, 0) is 6.42 Å². The van der Waals surface area contributed by atoms with Crippen LogP contribution in [0.4, 0.5) is 10.2 Å². The molecule has 0 aliphatic rings. The molecule has 3 nitrogen and oxygen atoms in total. The Kier molecular flexibility index (Phi) is 3.94. The van der Waals surface area contributed by atoms with Gasteiger partial charge in [-0.1, -0.05) is 13.0 Å². The molecule has 0 radical (unpaired) electrons. The van der Waals surface area contributed by atoms with Gasteiger partial charge in [0.15, 0.2) is 0 Å². The molecule has 1 aromatic heterocycles. The topological polar surface area (TPSA) is 43.8 Å². The van der Waals surface area contributed by atoms with Crippen LogP contribution in [-0.4, -0.2) is 9.55 Å². The van der Waals surface area contributed by atoms with Crippen LogP contribution in [0.5, 0.6) is 0 Å². The van der Waals surface area contributed by atoms with Gasteiger partial charge < -0.3 is 10.3 Å². The van der Waals surface area contributed by atoms with Crippen molar-refractivity contribution in [2.45, 2.75) is 33.2 Å². The summed E-state index contributed by atoms with van der Waals surface area (Å²) in [4.78, 5) is 4.55. The van der Waals surface area contributed by atoms with Crippen LogP contribution >= 0.6 is 15.9 Å². The molecule has 0 bridgehead atoms. The van der Waals surface area contributed by atoms with E-state index in [1.807, 2.05) is 17.6 Å². The lowest BCUT2D eigenvalue weighted by Crippen LogP contribution is -2.08. The number of hydrogen-bond donors (Lipinski definition) is 1. The van der Waals surface area contributed by atoms with Crippen LogP contribution in [0.3, 0.4) is 0 Å². The molecule has 2 rings (SSSR count). The second-order valence-corrected chi connectivity index (χ2v) is 5.56. The Morgan fingerprint density at radius 2 is 2.11 bits per heavy atom. The fourth-order valence-corrected chi connectivity index (χ4v) is 2.42. The van der Waals surface area contributed by atoms with Crippen molar-refractivity contribution >= 4 is 21.7 Å². The van der Waals surface area contributed by atoms with Crippen molar-refractivity contribution in [3.8, 4) is 11.3 Å². The number of nitrogen functional groups attached to an aromatic ring is 1. The fourth-order valence-electron chi connectivity index (χ4n) is 2.17. The van der Waals surface area contributed by atoms with Crippen LogP contribution in [0.15, 0.2) is 22.7 Å². The average Bonchev–Trinajstić information content (AvgIpc) is 2.70. The van der Waals surface area contributed by atoms with E-state index in [1.54, 1.807) is 6.07 Å². The van der Waals surface area contributed by atoms with Gasteiger partial charge in [-0.15, -0.1) is 0 Å². The minimum Gasteiger partial charge on any atom is -0.383 e. The first kappa shape index (κ1) is 14.1. The van der Waals surface area contributed by atoms with E-state index in [9.17, 15) is 4.39 Å². The zero-order valence-corrected chi connectivity index (χ0v) is 12.8. The molecule has 0 amide bonds. The van der Waals surface area contributed by atoms with Gasteiger partial charge in [-0.05, 0) is 41.9 Å². The first-order valence-electron chi connectivity index (χ1n) is 6.27. The van der Waals surface area contributed by atoms with E-state index in [1.165, 1.54) is 6.07 Å². The molecular weight excluding hydrogens is 309 g/mol. The summed E-state index contributed by atoms with van der Waals surface area (Å²) >= 11 is 3.15. The van der Waals surface area contributed by atoms with E-state index in [0.29, 0.717) is 21.5 Å². The number of imidazole rings is 1. The maximum atomic E-state index is 13.6. The third kappa shape index (κ3) is 2.52. The Balaban J connectivity index is 2.59. The molecule has 0 fully saturated rings. The molecule has 0 saturated carbocycles. The standard InChI is InChI=1S/C14H17BrFN3/c1-4-12-18-13(14(17)19(12)8(2)3)9-5-6-10(15)11(16)7-9/h5-8H,4,17H2,1-3H3. The van der Waals surface area contributed by atoms with Crippen molar-refractivity contribution < 1.29 is 4.39 Å². The summed E-state index contributed by atoms with van der Waals surface area (Å²) in [5.74, 6) is 1.20. The lowest BCUT2D eigenvalue weighted by molar-refractivity contribution is 0.579. The highest BCUT2D eigenvalue weighted by Crippen LogP contribution is 2.31. The number of nitrogens with zero attached hydrogens (tertiary/aromatic N) is 2. The highest BCUT2D eigenvalue weighted by molar-refractivity contribution is 9.10. The molecule has 1 aromatic carbocycles. The van der Waals surface area contributed by atoms with Gasteiger partial charge in [-0.3, -0.25) is 0 Å². The van der Waals surface area contributed by atoms with Gasteiger partial charge in [0.1, 0.15) is 23.2 Å². The number of hydrogen-bond acceptors (Lipinski definition) is 2. The van der Waals surface area contributed by atoms with Gasteiger partial charge in [-0.2, -0.15) is 0 Å². The summed E-state index contributed by atoms with van der Waals surface area (Å²) in [5.41, 5.74) is 7.52. The normalized spacial score (nSPS) is 11.3. The molecule has 2 aromatic rings. The Morgan fingerprint density at radius 1 is 1.42 bits per heavy atom. The highest BCUT2D eigenvalue weighted by atomic mass is 79.9. The Labute approximate surface area is 120 Å². The number of benzene rings is 1. The molecule has 0 aliphatic heterocycles. The summed E-state index contributed by atoms with van der Waals surface area (Å²) in [7, 11) is 0. The third-order valence-electron chi connectivity index (χ3n) is 3.05. The number of anilines is 1. The van der Waals surface area contributed by atoms with Crippen molar-refractivity contribution in [2.24, 2.45) is 0 Å². The first-order valence-corrected chi connectivity index (χ1v) is 7.07. The van der Waals surface area contributed by atoms with E-state index in [4.69, 9.17) is 5.73 Å². The zero-order valence-electron chi connectivity index (χ0n) is 11.2. The quantitative estimate of drug-likeness (QED) is 0.920. The van der Waals surface area contributed by atoms with E-state index in [-0.39, 0.29) is 11.9 Å². The van der Waals surface area contributed by atoms with Crippen LogP contribution in [0.2, 0.25) is 0 Å². The summed E-state index contributed by atoms with van der Waals surface area (Å²) in [5, 5.41) is 0. The number of aromatic nitrogens is 2. The third-order valence-corrected chi connectivity index (χ3v) is 3.69. The molecule has 5 heteroatoms. The average molecular weight is 326 g/mol. The summed E-state index contributed by atoms with van der Waals surface area (Å²) in [6, 6.07) is 5.17. The predicted octanol–water partition coefficient (Wildman–Crippen LogP) is 4.18. The number of rotatable bonds is 3. The van der Waals surface area contributed by atoms with Gasteiger partial charge in [0.2, 0.25) is 0 Å². The summed E-state index contributed by atoms with van der Waals surface area (Å²) < 4.78 is 16.1. The minimum atomic E-state index is -0.311.